The van der Waals surface area contributed by atoms with E-state index < -0.39 is 5.25 Å². The molecule has 0 bridgehead atoms. The molecule has 2 aliphatic rings. The summed E-state index contributed by atoms with van der Waals surface area (Å²) in [6.45, 7) is 5.60. The normalized spacial score (nSPS) is 22.4. The predicted molar refractivity (Wildman–Crippen MR) is 80.7 cm³/mol. The van der Waals surface area contributed by atoms with Crippen LogP contribution in [0.15, 0.2) is 21.8 Å². The summed E-state index contributed by atoms with van der Waals surface area (Å²) in [5.41, 5.74) is -0.278. The molecule has 0 aromatic rings. The van der Waals surface area contributed by atoms with Gasteiger partial charge >= 0.3 is 0 Å². The van der Waals surface area contributed by atoms with Crippen molar-refractivity contribution < 1.29 is 9.59 Å². The maximum Gasteiger partial charge on any atom is 0.256 e. The average molecular weight is 297 g/mol. The van der Waals surface area contributed by atoms with Crippen LogP contribution < -0.4 is 5.32 Å². The topological polar surface area (TPSA) is 70.9 Å². The monoisotopic (exact) mass is 297 g/mol. The van der Waals surface area contributed by atoms with Crippen LogP contribution in [0.5, 0.6) is 0 Å². The van der Waals surface area contributed by atoms with E-state index in [1.54, 1.807) is 0 Å². The van der Waals surface area contributed by atoms with Gasteiger partial charge in [-0.25, -0.2) is 9.98 Å². The molecule has 1 amide bonds. The molecule has 0 radical (unpaired) electrons. The number of hydrogen-bond donors (Lipinski definition) is 1. The zero-order valence-corrected chi connectivity index (χ0v) is 12.8. The molecule has 2 heterocycles. The van der Waals surface area contributed by atoms with Gasteiger partial charge in [0.1, 0.15) is 15.2 Å². The third-order valence-electron chi connectivity index (χ3n) is 2.40. The maximum atomic E-state index is 12.3. The molecule has 2 rings (SSSR count). The van der Waals surface area contributed by atoms with Gasteiger partial charge in [-0.2, -0.15) is 0 Å². The van der Waals surface area contributed by atoms with Crippen molar-refractivity contribution in [1.29, 1.82) is 0 Å². The molecule has 0 aliphatic carbocycles. The Labute approximate surface area is 120 Å². The minimum absolute atomic E-state index is 0.105. The number of carbonyl (C=O) groups is 2. The molecular weight excluding hydrogens is 282 g/mol. The van der Waals surface area contributed by atoms with Crippen molar-refractivity contribution in [1.82, 2.24) is 5.32 Å². The van der Waals surface area contributed by atoms with Gasteiger partial charge in [0.25, 0.3) is 5.91 Å². The summed E-state index contributed by atoms with van der Waals surface area (Å²) in [4.78, 5) is 32.7. The zero-order valence-electron chi connectivity index (χ0n) is 11.2. The Morgan fingerprint density at radius 1 is 1.47 bits per heavy atom. The number of rotatable bonds is 1. The van der Waals surface area contributed by atoms with Gasteiger partial charge in [-0.1, -0.05) is 11.8 Å². The Kier molecular flexibility index (Phi) is 3.87. The second-order valence-electron chi connectivity index (χ2n) is 5.18. The van der Waals surface area contributed by atoms with E-state index >= 15 is 0 Å². The lowest BCUT2D eigenvalue weighted by Crippen LogP contribution is -2.44. The number of ketones is 1. The maximum absolute atomic E-state index is 12.3. The highest BCUT2D eigenvalue weighted by Crippen LogP contribution is 2.33. The predicted octanol–water partition coefficient (Wildman–Crippen LogP) is 1.60. The molecule has 0 saturated heterocycles. The van der Waals surface area contributed by atoms with Gasteiger partial charge in [0.2, 0.25) is 0 Å². The second-order valence-corrected chi connectivity index (χ2v) is 7.33. The molecule has 102 valence electrons. The van der Waals surface area contributed by atoms with Gasteiger partial charge in [0.05, 0.1) is 0 Å². The van der Waals surface area contributed by atoms with Crippen molar-refractivity contribution >= 4 is 45.4 Å². The number of thioether (sulfide) groups is 2. The summed E-state index contributed by atoms with van der Waals surface area (Å²) in [5, 5.41) is 2.31. The molecule has 2 aliphatic heterocycles. The number of hydrogen-bond acceptors (Lipinski definition) is 6. The fourth-order valence-electron chi connectivity index (χ4n) is 1.61. The lowest BCUT2D eigenvalue weighted by atomic mass is 10.0. The fraction of sp³-hybridized carbons (Fsp3) is 0.500. The number of nitrogens with zero attached hydrogens (tertiary/aromatic N) is 2. The third-order valence-corrected chi connectivity index (χ3v) is 4.58. The van der Waals surface area contributed by atoms with E-state index in [1.807, 2.05) is 27.0 Å². The van der Waals surface area contributed by atoms with Crippen molar-refractivity contribution in [3.63, 3.8) is 0 Å². The lowest BCUT2D eigenvalue weighted by Gasteiger charge is -2.22. The van der Waals surface area contributed by atoms with E-state index in [0.29, 0.717) is 5.84 Å². The van der Waals surface area contributed by atoms with Crippen LogP contribution in [0.25, 0.3) is 0 Å². The highest BCUT2D eigenvalue weighted by molar-refractivity contribution is 8.39. The Morgan fingerprint density at radius 2 is 2.16 bits per heavy atom. The van der Waals surface area contributed by atoms with Crippen LogP contribution in [0.2, 0.25) is 0 Å². The van der Waals surface area contributed by atoms with E-state index in [1.165, 1.54) is 29.7 Å². The van der Waals surface area contributed by atoms with Crippen LogP contribution >= 0.6 is 23.5 Å². The van der Waals surface area contributed by atoms with Crippen molar-refractivity contribution in [3.05, 3.63) is 11.8 Å². The first kappa shape index (κ1) is 14.3. The Morgan fingerprint density at radius 3 is 2.74 bits per heavy atom. The molecule has 1 atom stereocenters. The van der Waals surface area contributed by atoms with Crippen LogP contribution in [0.1, 0.15) is 20.8 Å². The van der Waals surface area contributed by atoms with E-state index in [-0.39, 0.29) is 22.8 Å². The summed E-state index contributed by atoms with van der Waals surface area (Å²) in [6.07, 6.45) is 3.22. The van der Waals surface area contributed by atoms with Crippen molar-refractivity contribution in [2.24, 2.45) is 9.98 Å². The van der Waals surface area contributed by atoms with Crippen LogP contribution in [-0.2, 0) is 9.59 Å². The van der Waals surface area contributed by atoms with Crippen molar-refractivity contribution in [3.8, 4) is 0 Å². The van der Waals surface area contributed by atoms with Gasteiger partial charge in [0, 0.05) is 11.7 Å². The number of fused-ring (bicyclic) bond motifs is 1. The zero-order chi connectivity index (χ0) is 14.2. The standard InChI is InChI=1S/C12H15N3O2S2/c1-12(2,3)15-10(17)6-5-13-9-8(7(6)16)19-11(14-9)18-4/h5,8H,1-4H3,(H,15,17). The Bertz CT molecular complexity index is 530. The second kappa shape index (κ2) is 5.13. The molecule has 0 spiro atoms. The average Bonchev–Trinajstić information content (AvgIpc) is 2.71. The van der Waals surface area contributed by atoms with Crippen LogP contribution in [-0.4, -0.2) is 38.9 Å². The minimum atomic E-state index is -0.465. The van der Waals surface area contributed by atoms with Crippen LogP contribution in [0, 0.1) is 0 Å². The van der Waals surface area contributed by atoms with E-state index in [0.717, 1.165) is 4.38 Å². The molecule has 0 fully saturated rings. The van der Waals surface area contributed by atoms with Crippen LogP contribution in [0.3, 0.4) is 0 Å². The first-order valence-corrected chi connectivity index (χ1v) is 7.86. The number of Topliss-reactive ketones (excluding diaryl/α,β-unsaturated/α-hetero) is 1. The molecule has 5 nitrogen and oxygen atoms in total. The van der Waals surface area contributed by atoms with E-state index in [2.05, 4.69) is 15.3 Å². The van der Waals surface area contributed by atoms with Crippen molar-refractivity contribution in [2.45, 2.75) is 31.6 Å². The number of aliphatic imine (C=N–C) groups is 2. The van der Waals surface area contributed by atoms with Gasteiger partial charge in [-0.15, -0.1) is 11.8 Å². The van der Waals surface area contributed by atoms with Gasteiger partial charge in [-0.05, 0) is 27.0 Å². The number of nitrogens with one attached hydrogen (secondary N) is 1. The summed E-state index contributed by atoms with van der Waals surface area (Å²) in [5.74, 6) is -0.102. The SMILES string of the molecule is CSC1=NC2=NC=C(C(=O)NC(C)(C)C)C(=O)C2S1. The molecule has 0 aromatic carbocycles. The van der Waals surface area contributed by atoms with Crippen molar-refractivity contribution in [2.75, 3.05) is 6.26 Å². The first-order chi connectivity index (χ1) is 8.81. The lowest BCUT2D eigenvalue weighted by molar-refractivity contribution is -0.122. The number of amides is 1. The molecule has 1 N–H and O–H groups in total. The smallest absolute Gasteiger partial charge is 0.256 e. The van der Waals surface area contributed by atoms with Gasteiger partial charge in [0.15, 0.2) is 11.6 Å². The highest BCUT2D eigenvalue weighted by atomic mass is 32.2. The summed E-state index contributed by atoms with van der Waals surface area (Å²) in [7, 11) is 0. The number of amidine groups is 1. The quantitative estimate of drug-likeness (QED) is 0.746. The third kappa shape index (κ3) is 3.09. The molecule has 0 aromatic heterocycles. The summed E-state index contributed by atoms with van der Waals surface area (Å²) in [6, 6.07) is 0. The summed E-state index contributed by atoms with van der Waals surface area (Å²) >= 11 is 2.83. The fourth-order valence-corrected chi connectivity index (χ4v) is 3.27. The largest absolute Gasteiger partial charge is 0.347 e. The Hall–Kier alpha value is -1.08. The minimum Gasteiger partial charge on any atom is -0.347 e. The molecule has 7 heteroatoms. The highest BCUT2D eigenvalue weighted by Gasteiger charge is 2.39. The summed E-state index contributed by atoms with van der Waals surface area (Å²) < 4.78 is 0.808. The molecule has 1 unspecified atom stereocenters. The molecular formula is C12H15N3O2S2. The Balaban J connectivity index is 2.20. The van der Waals surface area contributed by atoms with Gasteiger partial charge in [-0.3, -0.25) is 9.59 Å². The molecule has 19 heavy (non-hydrogen) atoms. The van der Waals surface area contributed by atoms with E-state index in [4.69, 9.17) is 0 Å². The van der Waals surface area contributed by atoms with Crippen LogP contribution in [0.4, 0.5) is 0 Å². The van der Waals surface area contributed by atoms with Gasteiger partial charge < -0.3 is 5.32 Å². The first-order valence-electron chi connectivity index (χ1n) is 5.76. The van der Waals surface area contributed by atoms with E-state index in [9.17, 15) is 9.59 Å². The number of carbonyl (C=O) groups excluding carboxylic acids is 2. The molecule has 0 saturated carbocycles.